The lowest BCUT2D eigenvalue weighted by molar-refractivity contribution is 0.870. The summed E-state index contributed by atoms with van der Waals surface area (Å²) in [5, 5.41) is 6.87. The molecule has 3 nitrogen and oxygen atoms in total. The van der Waals surface area contributed by atoms with Crippen LogP contribution in [0.4, 0.5) is 5.69 Å². The predicted octanol–water partition coefficient (Wildman–Crippen LogP) is 3.60. The van der Waals surface area contributed by atoms with Gasteiger partial charge >= 0.3 is 0 Å². The lowest BCUT2D eigenvalue weighted by atomic mass is 10.2. The zero-order valence-corrected chi connectivity index (χ0v) is 12.1. The average Bonchev–Trinajstić information content (AvgIpc) is 2.81. The second-order valence-corrected chi connectivity index (χ2v) is 5.57. The molecular formula is C12H12ClN3S2. The number of hydrogen-bond donors (Lipinski definition) is 2. The van der Waals surface area contributed by atoms with Crippen LogP contribution in [0.15, 0.2) is 29.8 Å². The van der Waals surface area contributed by atoms with Gasteiger partial charge in [0.15, 0.2) is 0 Å². The van der Waals surface area contributed by atoms with E-state index in [1.54, 1.807) is 17.5 Å². The molecule has 0 fully saturated rings. The lowest BCUT2D eigenvalue weighted by Gasteiger charge is -2.13. The number of thiocarbonyl (C=S) groups is 1. The molecule has 1 atom stereocenters. The third kappa shape index (κ3) is 2.98. The first kappa shape index (κ1) is 13.3. The van der Waals surface area contributed by atoms with Crippen LogP contribution in [0.25, 0.3) is 0 Å². The van der Waals surface area contributed by atoms with E-state index in [-0.39, 0.29) is 6.04 Å². The van der Waals surface area contributed by atoms with Crippen molar-refractivity contribution >= 4 is 45.8 Å². The maximum absolute atomic E-state index is 6.11. The van der Waals surface area contributed by atoms with E-state index in [2.05, 4.69) is 10.3 Å². The summed E-state index contributed by atoms with van der Waals surface area (Å²) in [7, 11) is 0. The zero-order valence-electron chi connectivity index (χ0n) is 9.68. The zero-order chi connectivity index (χ0) is 13.1. The molecule has 94 valence electrons. The molecule has 1 unspecified atom stereocenters. The van der Waals surface area contributed by atoms with Gasteiger partial charge in [0.25, 0.3) is 0 Å². The Hall–Kier alpha value is -1.17. The van der Waals surface area contributed by atoms with E-state index < -0.39 is 0 Å². The first-order valence-electron chi connectivity index (χ1n) is 5.33. The number of nitrogens with two attached hydrogens (primary N) is 1. The van der Waals surface area contributed by atoms with Crippen LogP contribution in [0.1, 0.15) is 23.5 Å². The second kappa shape index (κ2) is 5.65. The van der Waals surface area contributed by atoms with Gasteiger partial charge < -0.3 is 11.1 Å². The van der Waals surface area contributed by atoms with Gasteiger partial charge in [0, 0.05) is 22.8 Å². The van der Waals surface area contributed by atoms with E-state index in [1.807, 2.05) is 30.5 Å². The number of thiazole rings is 1. The Bertz CT molecular complexity index is 554. The quantitative estimate of drug-likeness (QED) is 0.847. The van der Waals surface area contributed by atoms with Crippen LogP contribution < -0.4 is 11.1 Å². The molecule has 0 bridgehead atoms. The van der Waals surface area contributed by atoms with Crippen LogP contribution in [-0.4, -0.2) is 9.97 Å². The molecule has 0 amide bonds. The molecule has 1 aromatic heterocycles. The molecule has 0 aliphatic rings. The largest absolute Gasteiger partial charge is 0.389 e. The molecular weight excluding hydrogens is 286 g/mol. The number of rotatable bonds is 4. The van der Waals surface area contributed by atoms with Crippen LogP contribution in [-0.2, 0) is 0 Å². The highest BCUT2D eigenvalue weighted by molar-refractivity contribution is 7.80. The Labute approximate surface area is 120 Å². The monoisotopic (exact) mass is 297 g/mol. The van der Waals surface area contributed by atoms with Crippen LogP contribution in [0, 0.1) is 0 Å². The summed E-state index contributed by atoms with van der Waals surface area (Å²) in [6.45, 7) is 2.05. The molecule has 0 saturated carbocycles. The highest BCUT2D eigenvalue weighted by Crippen LogP contribution is 2.25. The molecule has 1 aromatic carbocycles. The number of hydrogen-bond acceptors (Lipinski definition) is 4. The summed E-state index contributed by atoms with van der Waals surface area (Å²) in [4.78, 5) is 4.57. The standard InChI is InChI=1S/C12H12ClN3S2/c1-7(12-15-4-5-18-12)16-8-2-3-9(11(14)17)10(13)6-8/h2-7,16H,1H3,(H2,14,17). The fourth-order valence-electron chi connectivity index (χ4n) is 1.56. The second-order valence-electron chi connectivity index (χ2n) is 3.80. The molecule has 0 aliphatic carbocycles. The van der Waals surface area contributed by atoms with Gasteiger partial charge in [-0.25, -0.2) is 4.98 Å². The van der Waals surface area contributed by atoms with Gasteiger partial charge in [-0.2, -0.15) is 0 Å². The van der Waals surface area contributed by atoms with Crippen LogP contribution in [0.2, 0.25) is 5.02 Å². The minimum Gasteiger partial charge on any atom is -0.389 e. The minimum absolute atomic E-state index is 0.136. The van der Waals surface area contributed by atoms with E-state index in [1.165, 1.54) is 0 Å². The molecule has 3 N–H and O–H groups in total. The molecule has 1 heterocycles. The van der Waals surface area contributed by atoms with Gasteiger partial charge in [0.2, 0.25) is 0 Å². The van der Waals surface area contributed by atoms with Crippen LogP contribution in [0.3, 0.4) is 0 Å². The number of nitrogens with one attached hydrogen (secondary N) is 1. The van der Waals surface area contributed by atoms with Gasteiger partial charge in [-0.15, -0.1) is 11.3 Å². The van der Waals surface area contributed by atoms with Crippen molar-refractivity contribution in [2.24, 2.45) is 5.73 Å². The fraction of sp³-hybridized carbons (Fsp3) is 0.167. The summed E-state index contributed by atoms with van der Waals surface area (Å²) < 4.78 is 0. The van der Waals surface area contributed by atoms with Crippen molar-refractivity contribution in [1.29, 1.82) is 0 Å². The maximum Gasteiger partial charge on any atom is 0.115 e. The minimum atomic E-state index is 0.136. The summed E-state index contributed by atoms with van der Waals surface area (Å²) >= 11 is 12.6. The SMILES string of the molecule is CC(Nc1ccc(C(N)=S)c(Cl)c1)c1nccs1. The molecule has 0 spiro atoms. The van der Waals surface area contributed by atoms with Gasteiger partial charge in [-0.05, 0) is 25.1 Å². The predicted molar refractivity (Wildman–Crippen MR) is 81.5 cm³/mol. The summed E-state index contributed by atoms with van der Waals surface area (Å²) in [6.07, 6.45) is 1.79. The van der Waals surface area contributed by atoms with Gasteiger partial charge in [-0.3, -0.25) is 0 Å². The molecule has 0 radical (unpaired) electrons. The summed E-state index contributed by atoms with van der Waals surface area (Å²) in [5.41, 5.74) is 7.17. The average molecular weight is 298 g/mol. The van der Waals surface area contributed by atoms with Gasteiger partial charge in [0.05, 0.1) is 11.1 Å². The van der Waals surface area contributed by atoms with E-state index in [9.17, 15) is 0 Å². The Morgan fingerprint density at radius 1 is 1.56 bits per heavy atom. The molecule has 0 saturated heterocycles. The van der Waals surface area contributed by atoms with Crippen molar-refractivity contribution in [3.8, 4) is 0 Å². The first-order chi connectivity index (χ1) is 8.58. The highest BCUT2D eigenvalue weighted by atomic mass is 35.5. The third-order valence-corrected chi connectivity index (χ3v) is 3.93. The van der Waals surface area contributed by atoms with Crippen LogP contribution in [0.5, 0.6) is 0 Å². The molecule has 2 rings (SSSR count). The molecule has 2 aromatic rings. The number of halogens is 1. The van der Waals surface area contributed by atoms with E-state index in [0.717, 1.165) is 10.7 Å². The van der Waals surface area contributed by atoms with Crippen molar-refractivity contribution in [2.75, 3.05) is 5.32 Å². The van der Waals surface area contributed by atoms with E-state index in [4.69, 9.17) is 29.6 Å². The van der Waals surface area contributed by atoms with E-state index >= 15 is 0 Å². The van der Waals surface area contributed by atoms with Crippen molar-refractivity contribution in [2.45, 2.75) is 13.0 Å². The lowest BCUT2D eigenvalue weighted by Crippen LogP contribution is -2.11. The molecule has 6 heteroatoms. The number of aromatic nitrogens is 1. The number of benzene rings is 1. The first-order valence-corrected chi connectivity index (χ1v) is 7.00. The van der Waals surface area contributed by atoms with Crippen molar-refractivity contribution in [3.63, 3.8) is 0 Å². The molecule has 18 heavy (non-hydrogen) atoms. The third-order valence-electron chi connectivity index (χ3n) is 2.44. The van der Waals surface area contributed by atoms with Crippen molar-refractivity contribution < 1.29 is 0 Å². The van der Waals surface area contributed by atoms with Crippen molar-refractivity contribution in [3.05, 3.63) is 45.4 Å². The normalized spacial score (nSPS) is 12.1. The number of anilines is 1. The Balaban J connectivity index is 2.15. The fourth-order valence-corrected chi connectivity index (χ4v) is 2.73. The topological polar surface area (TPSA) is 50.9 Å². The maximum atomic E-state index is 6.11. The van der Waals surface area contributed by atoms with E-state index in [0.29, 0.717) is 15.6 Å². The van der Waals surface area contributed by atoms with Gasteiger partial charge in [-0.1, -0.05) is 23.8 Å². The smallest absolute Gasteiger partial charge is 0.115 e. The van der Waals surface area contributed by atoms with Crippen molar-refractivity contribution in [1.82, 2.24) is 4.98 Å². The molecule has 0 aliphatic heterocycles. The van der Waals surface area contributed by atoms with Gasteiger partial charge in [0.1, 0.15) is 10.00 Å². The Kier molecular flexibility index (Phi) is 4.16. The van der Waals surface area contributed by atoms with Crippen LogP contribution >= 0.6 is 35.2 Å². The summed E-state index contributed by atoms with van der Waals surface area (Å²) in [6, 6.07) is 5.68. The Morgan fingerprint density at radius 3 is 2.89 bits per heavy atom. The Morgan fingerprint density at radius 2 is 2.33 bits per heavy atom. The highest BCUT2D eigenvalue weighted by Gasteiger charge is 2.09. The number of nitrogens with zero attached hydrogens (tertiary/aromatic N) is 1. The summed E-state index contributed by atoms with van der Waals surface area (Å²) in [5.74, 6) is 0.